The topological polar surface area (TPSA) is 55.4 Å². The lowest BCUT2D eigenvalue weighted by molar-refractivity contribution is -0.144. The van der Waals surface area contributed by atoms with E-state index in [1.54, 1.807) is 0 Å². The largest absolute Gasteiger partial charge is 0.467 e. The first-order valence-electron chi connectivity index (χ1n) is 11.6. The molecular weight excluding hydrogens is 370 g/mol. The van der Waals surface area contributed by atoms with Gasteiger partial charge < -0.3 is 10.1 Å². The van der Waals surface area contributed by atoms with E-state index in [0.717, 1.165) is 12.8 Å². The zero-order valence-electron chi connectivity index (χ0n) is 18.5. The molecule has 0 aliphatic heterocycles. The molecule has 4 nitrogen and oxygen atoms in total. The van der Waals surface area contributed by atoms with Crippen LogP contribution in [0.4, 0.5) is 0 Å². The molecule has 0 aromatic carbocycles. The number of carbonyl (C=O) groups excluding carboxylic acids is 2. The van der Waals surface area contributed by atoms with Crippen LogP contribution in [0.2, 0.25) is 0 Å². The maximum atomic E-state index is 11.8. The van der Waals surface area contributed by atoms with Gasteiger partial charge in [-0.3, -0.25) is 4.79 Å². The van der Waals surface area contributed by atoms with Gasteiger partial charge in [-0.15, -0.1) is 0 Å². The highest BCUT2D eigenvalue weighted by Crippen LogP contribution is 2.14. The number of amides is 1. The van der Waals surface area contributed by atoms with E-state index in [1.165, 1.54) is 97.0 Å². The Kier molecular flexibility index (Phi) is 20.5. The number of rotatable bonds is 20. The first kappa shape index (κ1) is 27.3. The molecule has 0 spiro atoms. The van der Waals surface area contributed by atoms with Crippen LogP contribution in [-0.4, -0.2) is 30.8 Å². The van der Waals surface area contributed by atoms with Crippen molar-refractivity contribution in [3.8, 4) is 0 Å². The quantitative estimate of drug-likeness (QED) is 0.141. The minimum Gasteiger partial charge on any atom is -0.467 e. The number of ether oxygens (including phenoxy) is 1. The van der Waals surface area contributed by atoms with E-state index in [2.05, 4.69) is 29.6 Å². The fourth-order valence-corrected chi connectivity index (χ4v) is 3.66. The molecular formula is C23H45NO3S. The molecule has 0 radical (unpaired) electrons. The number of hydrogen-bond donors (Lipinski definition) is 2. The molecule has 5 heteroatoms. The minimum atomic E-state index is -0.637. The monoisotopic (exact) mass is 415 g/mol. The fourth-order valence-electron chi connectivity index (χ4n) is 3.42. The molecule has 0 heterocycles. The summed E-state index contributed by atoms with van der Waals surface area (Å²) >= 11 is 4.07. The smallest absolute Gasteiger partial charge is 0.329 e. The van der Waals surface area contributed by atoms with Crippen molar-refractivity contribution in [3.05, 3.63) is 0 Å². The third-order valence-electron chi connectivity index (χ3n) is 5.26. The molecule has 0 rings (SSSR count). The van der Waals surface area contributed by atoms with E-state index >= 15 is 0 Å². The Morgan fingerprint density at radius 1 is 0.750 bits per heavy atom. The Morgan fingerprint density at radius 2 is 1.14 bits per heavy atom. The molecule has 1 unspecified atom stereocenters. The molecule has 1 amide bonds. The number of hydrogen-bond acceptors (Lipinski definition) is 4. The summed E-state index contributed by atoms with van der Waals surface area (Å²) in [6.07, 6.45) is 21.6. The molecule has 0 fully saturated rings. The molecule has 166 valence electrons. The van der Waals surface area contributed by atoms with Crippen LogP contribution in [-0.2, 0) is 14.3 Å². The fraction of sp³-hybridized carbons (Fsp3) is 0.913. The molecule has 0 saturated carbocycles. The standard InChI is InChI=1S/C23H45NO3S/c1-3-4-5-6-7-8-9-10-11-12-13-14-15-16-17-18-19-22(25)24-21(20-28)23(26)27-2/h21,28H,3-20H2,1-2H3,(H,24,25). The van der Waals surface area contributed by atoms with Crippen LogP contribution in [0.15, 0.2) is 0 Å². The normalized spacial score (nSPS) is 12.0. The van der Waals surface area contributed by atoms with Crippen molar-refractivity contribution in [1.82, 2.24) is 5.32 Å². The highest BCUT2D eigenvalue weighted by Gasteiger charge is 2.19. The maximum Gasteiger partial charge on any atom is 0.329 e. The van der Waals surface area contributed by atoms with E-state index in [4.69, 9.17) is 0 Å². The van der Waals surface area contributed by atoms with Crippen molar-refractivity contribution >= 4 is 24.5 Å². The van der Waals surface area contributed by atoms with Gasteiger partial charge in [-0.1, -0.05) is 103 Å². The van der Waals surface area contributed by atoms with Crippen LogP contribution in [0.5, 0.6) is 0 Å². The minimum absolute atomic E-state index is 0.0881. The number of unbranched alkanes of at least 4 members (excludes halogenated alkanes) is 15. The van der Waals surface area contributed by atoms with Crippen molar-refractivity contribution in [2.75, 3.05) is 12.9 Å². The third kappa shape index (κ3) is 17.4. The van der Waals surface area contributed by atoms with Gasteiger partial charge in [-0.2, -0.15) is 12.6 Å². The number of esters is 1. The lowest BCUT2D eigenvalue weighted by Crippen LogP contribution is -2.42. The van der Waals surface area contributed by atoms with Crippen LogP contribution in [0.3, 0.4) is 0 Å². The predicted octanol–water partition coefficient (Wildman–Crippen LogP) is 6.23. The van der Waals surface area contributed by atoms with E-state index in [0.29, 0.717) is 6.42 Å². The van der Waals surface area contributed by atoms with Gasteiger partial charge in [0.05, 0.1) is 7.11 Å². The zero-order valence-corrected chi connectivity index (χ0v) is 19.4. The van der Waals surface area contributed by atoms with Crippen molar-refractivity contribution in [1.29, 1.82) is 0 Å². The molecule has 0 bridgehead atoms. The van der Waals surface area contributed by atoms with Crippen LogP contribution >= 0.6 is 12.6 Å². The van der Waals surface area contributed by atoms with Gasteiger partial charge in [0.25, 0.3) is 0 Å². The highest BCUT2D eigenvalue weighted by atomic mass is 32.1. The SMILES string of the molecule is CCCCCCCCCCCCCCCCCCC(=O)NC(CS)C(=O)OC. The molecule has 0 saturated heterocycles. The number of carbonyl (C=O) groups is 2. The summed E-state index contributed by atoms with van der Waals surface area (Å²) in [6.45, 7) is 2.27. The number of nitrogens with one attached hydrogen (secondary N) is 1. The summed E-state index contributed by atoms with van der Waals surface area (Å²) in [5.41, 5.74) is 0. The van der Waals surface area contributed by atoms with Gasteiger partial charge in [-0.25, -0.2) is 4.79 Å². The third-order valence-corrected chi connectivity index (χ3v) is 5.63. The summed E-state index contributed by atoms with van der Waals surface area (Å²) in [4.78, 5) is 23.2. The van der Waals surface area contributed by atoms with Gasteiger partial charge >= 0.3 is 5.97 Å². The zero-order chi connectivity index (χ0) is 20.9. The molecule has 0 aliphatic rings. The van der Waals surface area contributed by atoms with Gasteiger partial charge in [0.15, 0.2) is 0 Å². The lowest BCUT2D eigenvalue weighted by Gasteiger charge is -2.13. The predicted molar refractivity (Wildman–Crippen MR) is 122 cm³/mol. The summed E-state index contributed by atoms with van der Waals surface area (Å²) in [5, 5.41) is 2.68. The van der Waals surface area contributed by atoms with E-state index in [1.807, 2.05) is 0 Å². The van der Waals surface area contributed by atoms with E-state index in [9.17, 15) is 9.59 Å². The molecule has 1 atom stereocenters. The summed E-state index contributed by atoms with van der Waals surface area (Å²) < 4.78 is 4.64. The highest BCUT2D eigenvalue weighted by molar-refractivity contribution is 7.80. The average molecular weight is 416 g/mol. The first-order chi connectivity index (χ1) is 13.7. The second-order valence-corrected chi connectivity index (χ2v) is 8.24. The molecule has 0 aromatic heterocycles. The second-order valence-electron chi connectivity index (χ2n) is 7.88. The second kappa shape index (κ2) is 21.0. The molecule has 1 N–H and O–H groups in total. The van der Waals surface area contributed by atoms with Crippen LogP contribution < -0.4 is 5.32 Å². The Morgan fingerprint density at radius 3 is 1.50 bits per heavy atom. The Hall–Kier alpha value is -0.710. The summed E-state index contributed by atoms with van der Waals surface area (Å²) in [5.74, 6) is -0.262. The Balaban J connectivity index is 3.31. The van der Waals surface area contributed by atoms with Gasteiger partial charge in [-0.05, 0) is 6.42 Å². The Labute approximate surface area is 179 Å². The van der Waals surface area contributed by atoms with Gasteiger partial charge in [0.2, 0.25) is 5.91 Å². The van der Waals surface area contributed by atoms with E-state index in [-0.39, 0.29) is 11.7 Å². The maximum absolute atomic E-state index is 11.8. The Bertz CT molecular complexity index is 377. The lowest BCUT2D eigenvalue weighted by atomic mass is 10.0. The average Bonchev–Trinajstić information content (AvgIpc) is 2.71. The van der Waals surface area contributed by atoms with Gasteiger partial charge in [0, 0.05) is 12.2 Å². The molecule has 28 heavy (non-hydrogen) atoms. The van der Waals surface area contributed by atoms with Crippen LogP contribution in [0.1, 0.15) is 116 Å². The van der Waals surface area contributed by atoms with Crippen molar-refractivity contribution in [2.45, 2.75) is 122 Å². The van der Waals surface area contributed by atoms with Crippen molar-refractivity contribution < 1.29 is 14.3 Å². The molecule has 0 aromatic rings. The van der Waals surface area contributed by atoms with Crippen molar-refractivity contribution in [3.63, 3.8) is 0 Å². The van der Waals surface area contributed by atoms with Crippen LogP contribution in [0, 0.1) is 0 Å². The van der Waals surface area contributed by atoms with E-state index < -0.39 is 12.0 Å². The first-order valence-corrected chi connectivity index (χ1v) is 12.3. The number of thiol groups is 1. The van der Waals surface area contributed by atoms with Gasteiger partial charge in [0.1, 0.15) is 6.04 Å². The molecule has 0 aliphatic carbocycles. The number of methoxy groups -OCH3 is 1. The van der Waals surface area contributed by atoms with Crippen LogP contribution in [0.25, 0.3) is 0 Å². The summed E-state index contributed by atoms with van der Waals surface area (Å²) in [7, 11) is 1.32. The van der Waals surface area contributed by atoms with Crippen molar-refractivity contribution in [2.24, 2.45) is 0 Å². The summed E-state index contributed by atoms with van der Waals surface area (Å²) in [6, 6.07) is -0.637.